The highest BCUT2D eigenvalue weighted by Gasteiger charge is 2.20. The molecule has 2 N–H and O–H groups in total. The van der Waals surface area contributed by atoms with Crippen LogP contribution in [0.5, 0.6) is 0 Å². The minimum atomic E-state index is 0.350. The summed E-state index contributed by atoms with van der Waals surface area (Å²) in [4.78, 5) is 4.14. The summed E-state index contributed by atoms with van der Waals surface area (Å²) in [6, 6.07) is 0. The zero-order valence-electron chi connectivity index (χ0n) is 9.71. The molecule has 0 unspecified atom stereocenters. The van der Waals surface area contributed by atoms with E-state index in [9.17, 15) is 0 Å². The fourth-order valence-electron chi connectivity index (χ4n) is 1.22. The van der Waals surface area contributed by atoms with E-state index in [1.165, 1.54) is 31.0 Å². The minimum Gasteiger partial charge on any atom is -0.299 e. The molecule has 0 saturated heterocycles. The Hall–Kier alpha value is -0.550. The Kier molecular flexibility index (Phi) is 5.11. The first-order valence-electron chi connectivity index (χ1n) is 5.28. The Balaban J connectivity index is 2.21. The molecule has 0 aromatic carbocycles. The Bertz CT molecular complexity index is 248. The second-order valence-electron chi connectivity index (χ2n) is 3.87. The van der Waals surface area contributed by atoms with Crippen molar-refractivity contribution >= 4 is 22.8 Å². The van der Waals surface area contributed by atoms with E-state index in [-0.39, 0.29) is 0 Å². The maximum atomic E-state index is 7.44. The van der Waals surface area contributed by atoms with Crippen molar-refractivity contribution in [3.05, 3.63) is 0 Å². The normalized spacial score (nSPS) is 16.6. The summed E-state index contributed by atoms with van der Waals surface area (Å²) in [5.41, 5.74) is 3.28. The van der Waals surface area contributed by atoms with Gasteiger partial charge in [0.05, 0.1) is 0 Å². The van der Waals surface area contributed by atoms with Gasteiger partial charge >= 0.3 is 0 Å². The number of aliphatic imine (C=N–C) groups is 1. The molecule has 0 atom stereocenters. The monoisotopic (exact) mass is 228 g/mol. The van der Waals surface area contributed by atoms with Gasteiger partial charge < -0.3 is 0 Å². The smallest absolute Gasteiger partial charge is 0.181 e. The number of thioether (sulfide) groups is 1. The van der Waals surface area contributed by atoms with Crippen molar-refractivity contribution < 1.29 is 0 Å². The number of nitrogens with zero attached hydrogens (tertiary/aromatic N) is 2. The van der Waals surface area contributed by atoms with Crippen LogP contribution in [-0.2, 0) is 0 Å². The van der Waals surface area contributed by atoms with Gasteiger partial charge in [-0.05, 0) is 25.5 Å². The molecule has 0 aromatic rings. The maximum absolute atomic E-state index is 7.44. The Morgan fingerprint density at radius 3 is 2.80 bits per heavy atom. The summed E-state index contributed by atoms with van der Waals surface area (Å²) in [6.45, 7) is 2.91. The molecule has 1 aliphatic carbocycles. The van der Waals surface area contributed by atoms with Gasteiger partial charge in [0.15, 0.2) is 5.17 Å². The second-order valence-corrected chi connectivity index (χ2v) is 4.66. The second kappa shape index (κ2) is 6.12. The Labute approximate surface area is 96.0 Å². The van der Waals surface area contributed by atoms with Crippen LogP contribution in [0.25, 0.3) is 0 Å². The van der Waals surface area contributed by atoms with E-state index in [0.717, 1.165) is 18.3 Å². The van der Waals surface area contributed by atoms with Crippen molar-refractivity contribution in [2.75, 3.05) is 19.8 Å². The van der Waals surface area contributed by atoms with Gasteiger partial charge in [-0.15, -0.1) is 0 Å². The molecular weight excluding hydrogens is 208 g/mol. The van der Waals surface area contributed by atoms with Crippen LogP contribution >= 0.6 is 11.8 Å². The lowest BCUT2D eigenvalue weighted by molar-refractivity contribution is 0.356. The fraction of sp³-hybridized carbons (Fsp3) is 0.800. The molecule has 1 aliphatic rings. The van der Waals surface area contributed by atoms with E-state index < -0.39 is 0 Å². The van der Waals surface area contributed by atoms with Crippen molar-refractivity contribution in [2.24, 2.45) is 10.9 Å². The molecular formula is C10H20N4S. The first kappa shape index (κ1) is 12.5. The average Bonchev–Trinajstić information content (AvgIpc) is 3.01. The molecule has 0 spiro atoms. The predicted molar refractivity (Wildman–Crippen MR) is 67.5 cm³/mol. The molecule has 5 heteroatoms. The van der Waals surface area contributed by atoms with Crippen molar-refractivity contribution in [2.45, 2.75) is 26.2 Å². The first-order valence-corrected chi connectivity index (χ1v) is 6.51. The zero-order chi connectivity index (χ0) is 11.3. The number of hydrogen-bond donors (Lipinski definition) is 2. The molecule has 0 bridgehead atoms. The zero-order valence-corrected chi connectivity index (χ0v) is 10.5. The van der Waals surface area contributed by atoms with Crippen molar-refractivity contribution in [3.63, 3.8) is 0 Å². The molecule has 0 aromatic heterocycles. The molecule has 15 heavy (non-hydrogen) atoms. The number of amidine groups is 2. The Morgan fingerprint density at radius 1 is 1.60 bits per heavy atom. The van der Waals surface area contributed by atoms with Crippen LogP contribution in [0.2, 0.25) is 0 Å². The van der Waals surface area contributed by atoms with Gasteiger partial charge in [-0.2, -0.15) is 0 Å². The van der Waals surface area contributed by atoms with Crippen LogP contribution in [0.4, 0.5) is 0 Å². The molecule has 1 fully saturated rings. The van der Waals surface area contributed by atoms with Gasteiger partial charge in [0.25, 0.3) is 0 Å². The van der Waals surface area contributed by atoms with Gasteiger partial charge in [-0.3, -0.25) is 10.4 Å². The summed E-state index contributed by atoms with van der Waals surface area (Å²) in [5.74, 6) is 1.79. The summed E-state index contributed by atoms with van der Waals surface area (Å²) in [7, 11) is 1.94. The van der Waals surface area contributed by atoms with Gasteiger partial charge in [-0.1, -0.05) is 24.6 Å². The van der Waals surface area contributed by atoms with Gasteiger partial charge in [0.2, 0.25) is 0 Å². The van der Waals surface area contributed by atoms with Crippen LogP contribution in [0.3, 0.4) is 0 Å². The van der Waals surface area contributed by atoms with E-state index in [0.29, 0.717) is 5.17 Å². The van der Waals surface area contributed by atoms with Crippen molar-refractivity contribution in [3.8, 4) is 0 Å². The highest BCUT2D eigenvalue weighted by Crippen LogP contribution is 2.31. The number of hydrazine groups is 1. The lowest BCUT2D eigenvalue weighted by atomic mass is 10.3. The SMILES string of the molecule is CSC(=N)/N=C(\C)N(C)NCCC1CC1. The van der Waals surface area contributed by atoms with Gasteiger partial charge in [0, 0.05) is 13.6 Å². The molecule has 0 heterocycles. The van der Waals surface area contributed by atoms with E-state index in [2.05, 4.69) is 10.4 Å². The maximum Gasteiger partial charge on any atom is 0.181 e. The van der Waals surface area contributed by atoms with E-state index in [4.69, 9.17) is 5.41 Å². The van der Waals surface area contributed by atoms with Gasteiger partial charge in [-0.25, -0.2) is 10.4 Å². The number of rotatable bonds is 4. The summed E-state index contributed by atoms with van der Waals surface area (Å²) >= 11 is 1.35. The van der Waals surface area contributed by atoms with E-state index in [1.807, 2.05) is 25.2 Å². The van der Waals surface area contributed by atoms with Crippen molar-refractivity contribution in [1.82, 2.24) is 10.4 Å². The van der Waals surface area contributed by atoms with Crippen LogP contribution in [0.15, 0.2) is 4.99 Å². The first-order chi connectivity index (χ1) is 7.13. The van der Waals surface area contributed by atoms with Crippen LogP contribution in [0.1, 0.15) is 26.2 Å². The number of nitrogens with one attached hydrogen (secondary N) is 2. The summed E-state index contributed by atoms with van der Waals surface area (Å²) in [5, 5.41) is 9.68. The molecule has 1 saturated carbocycles. The highest BCUT2D eigenvalue weighted by molar-refractivity contribution is 8.13. The molecule has 1 rings (SSSR count). The summed E-state index contributed by atoms with van der Waals surface area (Å²) in [6.07, 6.45) is 5.91. The average molecular weight is 228 g/mol. The topological polar surface area (TPSA) is 51.5 Å². The fourth-order valence-corrected chi connectivity index (χ4v) is 1.45. The molecule has 4 nitrogen and oxygen atoms in total. The van der Waals surface area contributed by atoms with Crippen LogP contribution in [0, 0.1) is 11.3 Å². The molecule has 0 aliphatic heterocycles. The quantitative estimate of drug-likeness (QED) is 0.439. The largest absolute Gasteiger partial charge is 0.299 e. The molecule has 0 amide bonds. The lowest BCUT2D eigenvalue weighted by Crippen LogP contribution is -2.39. The van der Waals surface area contributed by atoms with Crippen molar-refractivity contribution in [1.29, 1.82) is 5.41 Å². The highest BCUT2D eigenvalue weighted by atomic mass is 32.2. The van der Waals surface area contributed by atoms with E-state index >= 15 is 0 Å². The third-order valence-electron chi connectivity index (χ3n) is 2.54. The standard InChI is InChI=1S/C10H20N4S/c1-8(13-10(11)15-3)14(2)12-7-6-9-4-5-9/h9,11-12H,4-7H2,1-3H3/b11-10?,13-8+. The predicted octanol–water partition coefficient (Wildman–Crippen LogP) is 1.94. The molecule has 86 valence electrons. The van der Waals surface area contributed by atoms with E-state index in [1.54, 1.807) is 0 Å². The molecule has 0 radical (unpaired) electrons. The number of hydrogen-bond acceptors (Lipinski definition) is 3. The van der Waals surface area contributed by atoms with Gasteiger partial charge in [0.1, 0.15) is 5.84 Å². The van der Waals surface area contributed by atoms with Crippen LogP contribution in [-0.4, -0.2) is 35.9 Å². The summed E-state index contributed by atoms with van der Waals surface area (Å²) < 4.78 is 0. The lowest BCUT2D eigenvalue weighted by Gasteiger charge is -2.19. The van der Waals surface area contributed by atoms with Crippen LogP contribution < -0.4 is 5.43 Å². The Morgan fingerprint density at radius 2 is 2.27 bits per heavy atom. The minimum absolute atomic E-state index is 0.350. The third-order valence-corrected chi connectivity index (χ3v) is 3.02. The third kappa shape index (κ3) is 5.18.